The molecule has 1 heterocycles. The molecular weight excluding hydrogens is 395 g/mol. The molecule has 1 aliphatic heterocycles. The molecule has 0 bridgehead atoms. The molecule has 1 amide bonds. The van der Waals surface area contributed by atoms with E-state index in [2.05, 4.69) is 0 Å². The number of amides is 1. The monoisotopic (exact) mass is 418 g/mol. The number of rotatable bonds is 6. The van der Waals surface area contributed by atoms with Crippen LogP contribution in [-0.2, 0) is 14.8 Å². The third-order valence-corrected chi connectivity index (χ3v) is 6.52. The molecule has 1 fully saturated rings. The number of hydrogen-bond acceptors (Lipinski definition) is 4. The molecule has 29 heavy (non-hydrogen) atoms. The molecule has 0 spiro atoms. The highest BCUT2D eigenvalue weighted by Crippen LogP contribution is 2.21. The second kappa shape index (κ2) is 9.19. The van der Waals surface area contributed by atoms with Crippen LogP contribution in [0.2, 0.25) is 0 Å². The lowest BCUT2D eigenvalue weighted by Gasteiger charge is -2.33. The van der Waals surface area contributed by atoms with E-state index in [1.54, 1.807) is 35.2 Å². The molecule has 0 N–H and O–H groups in total. The summed E-state index contributed by atoms with van der Waals surface area (Å²) >= 11 is 0. The Morgan fingerprint density at radius 1 is 1.03 bits per heavy atom. The van der Waals surface area contributed by atoms with Gasteiger partial charge in [-0.25, -0.2) is 12.8 Å². The normalized spacial score (nSPS) is 15.6. The Balaban J connectivity index is 1.58. The van der Waals surface area contributed by atoms with E-state index in [9.17, 15) is 17.6 Å². The summed E-state index contributed by atoms with van der Waals surface area (Å²) in [7, 11) is -3.62. The van der Waals surface area contributed by atoms with Crippen molar-refractivity contribution in [2.45, 2.75) is 11.8 Å². The van der Waals surface area contributed by atoms with Crippen molar-refractivity contribution in [1.29, 1.82) is 0 Å². The quantitative estimate of drug-likeness (QED) is 0.677. The number of sulfonamides is 1. The number of halogens is 1. The summed E-state index contributed by atoms with van der Waals surface area (Å²) in [5.41, 5.74) is 0.719. The van der Waals surface area contributed by atoms with E-state index < -0.39 is 10.0 Å². The topological polar surface area (TPSA) is 66.9 Å². The van der Waals surface area contributed by atoms with Crippen molar-refractivity contribution in [3.63, 3.8) is 0 Å². The Morgan fingerprint density at radius 2 is 1.66 bits per heavy atom. The molecule has 2 aromatic carbocycles. The van der Waals surface area contributed by atoms with E-state index in [1.807, 2.05) is 6.92 Å². The molecule has 1 saturated heterocycles. The first kappa shape index (κ1) is 21.0. The van der Waals surface area contributed by atoms with E-state index >= 15 is 0 Å². The highest BCUT2D eigenvalue weighted by Gasteiger charge is 2.29. The molecule has 154 valence electrons. The van der Waals surface area contributed by atoms with Crippen LogP contribution in [-0.4, -0.2) is 56.3 Å². The summed E-state index contributed by atoms with van der Waals surface area (Å²) in [6.07, 6.45) is 3.04. The largest absolute Gasteiger partial charge is 0.494 e. The Hall–Kier alpha value is -2.71. The Labute approximate surface area is 170 Å². The molecule has 0 aliphatic carbocycles. The van der Waals surface area contributed by atoms with Gasteiger partial charge in [0.15, 0.2) is 0 Å². The fraction of sp³-hybridized carbons (Fsp3) is 0.286. The zero-order valence-corrected chi connectivity index (χ0v) is 16.9. The minimum Gasteiger partial charge on any atom is -0.494 e. The fourth-order valence-corrected chi connectivity index (χ4v) is 4.44. The molecule has 1 aliphatic rings. The number of nitrogens with zero attached hydrogens (tertiary/aromatic N) is 2. The van der Waals surface area contributed by atoms with Gasteiger partial charge in [-0.15, -0.1) is 0 Å². The third-order valence-electron chi connectivity index (χ3n) is 4.61. The predicted molar refractivity (Wildman–Crippen MR) is 108 cm³/mol. The average molecular weight is 418 g/mol. The number of benzene rings is 2. The first-order valence-electron chi connectivity index (χ1n) is 9.35. The van der Waals surface area contributed by atoms with Crippen molar-refractivity contribution in [3.8, 4) is 5.75 Å². The predicted octanol–water partition coefficient (Wildman–Crippen LogP) is 2.77. The van der Waals surface area contributed by atoms with Crippen LogP contribution >= 0.6 is 0 Å². The fourth-order valence-electron chi connectivity index (χ4n) is 3.02. The Kier molecular flexibility index (Phi) is 6.66. The second-order valence-electron chi connectivity index (χ2n) is 6.52. The van der Waals surface area contributed by atoms with Gasteiger partial charge in [-0.05, 0) is 55.0 Å². The zero-order valence-electron chi connectivity index (χ0n) is 16.1. The van der Waals surface area contributed by atoms with Crippen LogP contribution in [0.5, 0.6) is 5.75 Å². The van der Waals surface area contributed by atoms with Gasteiger partial charge in [0, 0.05) is 32.3 Å². The SMILES string of the molecule is CCOc1ccc(S(=O)(=O)N2CCN(C(=O)/C=C/c3ccc(F)cc3)CC2)cc1. The molecule has 2 aromatic rings. The van der Waals surface area contributed by atoms with Crippen molar-refractivity contribution in [2.24, 2.45) is 0 Å². The van der Waals surface area contributed by atoms with Crippen LogP contribution in [0.4, 0.5) is 4.39 Å². The second-order valence-corrected chi connectivity index (χ2v) is 8.46. The van der Waals surface area contributed by atoms with Crippen molar-refractivity contribution in [2.75, 3.05) is 32.8 Å². The molecule has 0 saturated carbocycles. The summed E-state index contributed by atoms with van der Waals surface area (Å²) in [5.74, 6) is 0.0839. The minimum atomic E-state index is -3.62. The van der Waals surface area contributed by atoms with Crippen LogP contribution in [0.3, 0.4) is 0 Å². The van der Waals surface area contributed by atoms with Gasteiger partial charge in [0.2, 0.25) is 15.9 Å². The molecule has 0 radical (unpaired) electrons. The summed E-state index contributed by atoms with van der Waals surface area (Å²) in [6, 6.07) is 12.2. The van der Waals surface area contributed by atoms with Crippen molar-refractivity contribution in [1.82, 2.24) is 9.21 Å². The van der Waals surface area contributed by atoms with Gasteiger partial charge in [-0.2, -0.15) is 4.31 Å². The van der Waals surface area contributed by atoms with Crippen LogP contribution in [0, 0.1) is 5.82 Å². The van der Waals surface area contributed by atoms with Gasteiger partial charge in [-0.3, -0.25) is 4.79 Å². The first-order valence-corrected chi connectivity index (χ1v) is 10.8. The highest BCUT2D eigenvalue weighted by molar-refractivity contribution is 7.89. The number of piperazine rings is 1. The molecule has 0 aromatic heterocycles. The van der Waals surface area contributed by atoms with E-state index in [1.165, 1.54) is 34.6 Å². The minimum absolute atomic E-state index is 0.201. The number of carbonyl (C=O) groups excluding carboxylic acids is 1. The van der Waals surface area contributed by atoms with E-state index in [0.717, 1.165) is 5.56 Å². The molecular formula is C21H23FN2O4S. The standard InChI is InChI=1S/C21H23FN2O4S/c1-2-28-19-8-10-20(11-9-19)29(26,27)24-15-13-23(14-16-24)21(25)12-5-17-3-6-18(22)7-4-17/h3-12H,2,13-16H2,1H3/b12-5+. The number of carbonyl (C=O) groups is 1. The smallest absolute Gasteiger partial charge is 0.246 e. The van der Waals surface area contributed by atoms with Gasteiger partial charge in [0.1, 0.15) is 11.6 Å². The number of hydrogen-bond donors (Lipinski definition) is 0. The van der Waals surface area contributed by atoms with Gasteiger partial charge in [-0.1, -0.05) is 12.1 Å². The maximum Gasteiger partial charge on any atom is 0.246 e. The average Bonchev–Trinajstić information content (AvgIpc) is 2.74. The summed E-state index contributed by atoms with van der Waals surface area (Å²) in [4.78, 5) is 14.2. The molecule has 3 rings (SSSR count). The summed E-state index contributed by atoms with van der Waals surface area (Å²) < 4.78 is 45.3. The lowest BCUT2D eigenvalue weighted by molar-refractivity contribution is -0.127. The molecule has 0 unspecified atom stereocenters. The van der Waals surface area contributed by atoms with Crippen LogP contribution in [0.1, 0.15) is 12.5 Å². The molecule has 0 atom stereocenters. The van der Waals surface area contributed by atoms with Gasteiger partial charge >= 0.3 is 0 Å². The van der Waals surface area contributed by atoms with Crippen LogP contribution < -0.4 is 4.74 Å². The van der Waals surface area contributed by atoms with Crippen molar-refractivity contribution < 1.29 is 22.3 Å². The summed E-state index contributed by atoms with van der Waals surface area (Å²) in [6.45, 7) is 3.45. The van der Waals surface area contributed by atoms with Crippen molar-refractivity contribution in [3.05, 3.63) is 66.0 Å². The van der Waals surface area contributed by atoms with E-state index in [0.29, 0.717) is 25.4 Å². The van der Waals surface area contributed by atoms with Gasteiger partial charge in [0.05, 0.1) is 11.5 Å². The molecule has 6 nitrogen and oxygen atoms in total. The van der Waals surface area contributed by atoms with E-state index in [-0.39, 0.29) is 29.7 Å². The summed E-state index contributed by atoms with van der Waals surface area (Å²) in [5, 5.41) is 0. The lowest BCUT2D eigenvalue weighted by Crippen LogP contribution is -2.50. The first-order chi connectivity index (χ1) is 13.9. The molecule has 8 heteroatoms. The number of ether oxygens (including phenoxy) is 1. The zero-order chi connectivity index (χ0) is 20.9. The Bertz CT molecular complexity index is 965. The maximum absolute atomic E-state index is 12.9. The lowest BCUT2D eigenvalue weighted by atomic mass is 10.2. The van der Waals surface area contributed by atoms with E-state index in [4.69, 9.17) is 4.74 Å². The maximum atomic E-state index is 12.9. The highest BCUT2D eigenvalue weighted by atomic mass is 32.2. The van der Waals surface area contributed by atoms with Crippen LogP contribution in [0.15, 0.2) is 59.5 Å². The third kappa shape index (κ3) is 5.21. The van der Waals surface area contributed by atoms with Gasteiger partial charge in [0.25, 0.3) is 0 Å². The van der Waals surface area contributed by atoms with Gasteiger partial charge < -0.3 is 9.64 Å². The van der Waals surface area contributed by atoms with Crippen molar-refractivity contribution >= 4 is 22.0 Å². The Morgan fingerprint density at radius 3 is 2.24 bits per heavy atom. The van der Waals surface area contributed by atoms with Crippen LogP contribution in [0.25, 0.3) is 6.08 Å².